The second-order valence-corrected chi connectivity index (χ2v) is 6.59. The molecule has 1 aromatic heterocycles. The van der Waals surface area contributed by atoms with Gasteiger partial charge in [0.05, 0.1) is 6.21 Å². The number of rotatable bonds is 4. The van der Waals surface area contributed by atoms with Crippen molar-refractivity contribution in [3.8, 4) is 0 Å². The van der Waals surface area contributed by atoms with E-state index in [1.54, 1.807) is 6.21 Å². The number of aromatic nitrogens is 1. The third kappa shape index (κ3) is 3.30. The lowest BCUT2D eigenvalue weighted by Gasteiger charge is -2.07. The van der Waals surface area contributed by atoms with E-state index < -0.39 is 0 Å². The van der Waals surface area contributed by atoms with E-state index in [4.69, 9.17) is 18.0 Å². The van der Waals surface area contributed by atoms with Crippen LogP contribution in [0, 0.1) is 0 Å². The number of para-hydroxylation sites is 1. The van der Waals surface area contributed by atoms with Gasteiger partial charge in [-0.05, 0) is 40.7 Å². The number of nitrogens with two attached hydrogens (primary N) is 1. The van der Waals surface area contributed by atoms with E-state index in [1.807, 2.05) is 12.1 Å². The molecule has 3 N–H and O–H groups in total. The van der Waals surface area contributed by atoms with Gasteiger partial charge in [-0.15, -0.1) is 0 Å². The summed E-state index contributed by atoms with van der Waals surface area (Å²) >= 11 is 4.79. The van der Waals surface area contributed by atoms with Gasteiger partial charge >= 0.3 is 0 Å². The Labute approximate surface area is 156 Å². The molecule has 0 aliphatic heterocycles. The zero-order valence-corrected chi connectivity index (χ0v) is 14.9. The molecule has 0 unspecified atom stereocenters. The lowest BCUT2D eigenvalue weighted by molar-refractivity contribution is 0.837. The fourth-order valence-electron chi connectivity index (χ4n) is 3.21. The summed E-state index contributed by atoms with van der Waals surface area (Å²) in [6.45, 7) is 0.794. The first-order valence-electron chi connectivity index (χ1n) is 8.35. The predicted molar refractivity (Wildman–Crippen MR) is 113 cm³/mol. The highest BCUT2D eigenvalue weighted by Gasteiger charge is 2.07. The Morgan fingerprint density at radius 3 is 2.65 bits per heavy atom. The third-order valence-electron chi connectivity index (χ3n) is 4.36. The minimum Gasteiger partial charge on any atom is -0.375 e. The molecule has 0 saturated carbocycles. The van der Waals surface area contributed by atoms with Gasteiger partial charge in [0.25, 0.3) is 0 Å². The van der Waals surface area contributed by atoms with E-state index in [0.29, 0.717) is 0 Å². The van der Waals surface area contributed by atoms with Gasteiger partial charge in [-0.2, -0.15) is 5.10 Å². The largest absolute Gasteiger partial charge is 0.375 e. The Kier molecular flexibility index (Phi) is 4.37. The fraction of sp³-hybridized carbons (Fsp3) is 0.0476. The van der Waals surface area contributed by atoms with Gasteiger partial charge in [-0.3, -0.25) is 5.43 Å². The number of fused-ring (bicyclic) bond motifs is 2. The second kappa shape index (κ2) is 6.98. The van der Waals surface area contributed by atoms with E-state index in [-0.39, 0.29) is 5.11 Å². The van der Waals surface area contributed by atoms with Gasteiger partial charge in [-0.1, -0.05) is 54.6 Å². The topological polar surface area (TPSA) is 55.3 Å². The molecule has 0 saturated heterocycles. The zero-order chi connectivity index (χ0) is 17.9. The molecule has 4 rings (SSSR count). The SMILES string of the molecule is NC(=S)N/N=C\c1cn(Cc2ccc3ccccc3c2)c2ccccc12. The standard InChI is InChI=1S/C21H18N4S/c22-21(26)24-23-12-18-14-25(20-8-4-3-7-19(18)20)13-15-9-10-16-5-1-2-6-17(16)11-15/h1-12,14H,13H2,(H3,22,24,26)/b23-12-. The number of benzene rings is 3. The summed E-state index contributed by atoms with van der Waals surface area (Å²) in [5.41, 5.74) is 11.5. The van der Waals surface area contributed by atoms with Gasteiger partial charge in [0, 0.05) is 29.2 Å². The average Bonchev–Trinajstić information content (AvgIpc) is 2.99. The fourth-order valence-corrected chi connectivity index (χ4v) is 3.26. The molecule has 4 aromatic rings. The van der Waals surface area contributed by atoms with Gasteiger partial charge in [0.15, 0.2) is 5.11 Å². The summed E-state index contributed by atoms with van der Waals surface area (Å²) in [5.74, 6) is 0. The van der Waals surface area contributed by atoms with Crippen molar-refractivity contribution in [2.24, 2.45) is 10.8 Å². The van der Waals surface area contributed by atoms with Crippen LogP contribution >= 0.6 is 12.2 Å². The van der Waals surface area contributed by atoms with Crippen molar-refractivity contribution in [3.05, 3.63) is 84.1 Å². The molecule has 4 nitrogen and oxygen atoms in total. The molecule has 0 spiro atoms. The molecule has 0 bridgehead atoms. The Morgan fingerprint density at radius 2 is 1.81 bits per heavy atom. The van der Waals surface area contributed by atoms with Crippen LogP contribution in [0.3, 0.4) is 0 Å². The van der Waals surface area contributed by atoms with Crippen LogP contribution in [0.2, 0.25) is 0 Å². The van der Waals surface area contributed by atoms with Crippen LogP contribution < -0.4 is 11.2 Å². The van der Waals surface area contributed by atoms with Crippen molar-refractivity contribution in [2.75, 3.05) is 0 Å². The molecule has 26 heavy (non-hydrogen) atoms. The maximum absolute atomic E-state index is 5.42. The normalized spacial score (nSPS) is 11.4. The van der Waals surface area contributed by atoms with Crippen LogP contribution in [0.5, 0.6) is 0 Å². The van der Waals surface area contributed by atoms with Crippen molar-refractivity contribution >= 4 is 45.2 Å². The Bertz CT molecular complexity index is 1130. The molecule has 0 atom stereocenters. The second-order valence-electron chi connectivity index (χ2n) is 6.15. The smallest absolute Gasteiger partial charge is 0.184 e. The molecule has 128 valence electrons. The van der Waals surface area contributed by atoms with E-state index in [1.165, 1.54) is 16.3 Å². The molecule has 0 amide bonds. The lowest BCUT2D eigenvalue weighted by atomic mass is 10.1. The van der Waals surface area contributed by atoms with Crippen LogP contribution in [0.1, 0.15) is 11.1 Å². The predicted octanol–water partition coefficient (Wildman–Crippen LogP) is 4.01. The number of hydrogen-bond donors (Lipinski definition) is 2. The quantitative estimate of drug-likeness (QED) is 0.329. The number of nitrogens with one attached hydrogen (secondary N) is 1. The summed E-state index contributed by atoms with van der Waals surface area (Å²) < 4.78 is 2.24. The first-order chi connectivity index (χ1) is 12.7. The number of thiocarbonyl (C=S) groups is 1. The van der Waals surface area contributed by atoms with Gasteiger partial charge in [-0.25, -0.2) is 0 Å². The summed E-state index contributed by atoms with van der Waals surface area (Å²) in [6, 6.07) is 23.3. The van der Waals surface area contributed by atoms with Crippen molar-refractivity contribution in [1.29, 1.82) is 0 Å². The minimum absolute atomic E-state index is 0.154. The van der Waals surface area contributed by atoms with Crippen LogP contribution in [0.4, 0.5) is 0 Å². The van der Waals surface area contributed by atoms with E-state index in [2.05, 4.69) is 75.9 Å². The number of hydrogen-bond acceptors (Lipinski definition) is 2. The molecule has 0 radical (unpaired) electrons. The lowest BCUT2D eigenvalue weighted by Crippen LogP contribution is -2.23. The van der Waals surface area contributed by atoms with Crippen molar-refractivity contribution < 1.29 is 0 Å². The Balaban J connectivity index is 1.71. The molecule has 0 aliphatic carbocycles. The van der Waals surface area contributed by atoms with Crippen LogP contribution in [0.15, 0.2) is 78.0 Å². The average molecular weight is 358 g/mol. The summed E-state index contributed by atoms with van der Waals surface area (Å²) in [6.07, 6.45) is 3.85. The minimum atomic E-state index is 0.154. The van der Waals surface area contributed by atoms with Crippen molar-refractivity contribution in [1.82, 2.24) is 9.99 Å². The maximum Gasteiger partial charge on any atom is 0.184 e. The molecule has 5 heteroatoms. The Hall–Kier alpha value is -3.18. The monoisotopic (exact) mass is 358 g/mol. The van der Waals surface area contributed by atoms with E-state index in [0.717, 1.165) is 23.0 Å². The first-order valence-corrected chi connectivity index (χ1v) is 8.75. The highest BCUT2D eigenvalue weighted by atomic mass is 32.1. The third-order valence-corrected chi connectivity index (χ3v) is 4.46. The summed E-state index contributed by atoms with van der Waals surface area (Å²) in [5, 5.41) is 7.90. The number of hydrazone groups is 1. The Morgan fingerprint density at radius 1 is 1.04 bits per heavy atom. The summed E-state index contributed by atoms with van der Waals surface area (Å²) in [7, 11) is 0. The zero-order valence-electron chi connectivity index (χ0n) is 14.1. The van der Waals surface area contributed by atoms with Crippen molar-refractivity contribution in [3.63, 3.8) is 0 Å². The molecule has 0 aliphatic rings. The molecule has 3 aromatic carbocycles. The molecular formula is C21H18N4S. The molecule has 1 heterocycles. The summed E-state index contributed by atoms with van der Waals surface area (Å²) in [4.78, 5) is 0. The molecule has 0 fully saturated rings. The van der Waals surface area contributed by atoms with E-state index >= 15 is 0 Å². The van der Waals surface area contributed by atoms with Gasteiger partial charge in [0.2, 0.25) is 0 Å². The van der Waals surface area contributed by atoms with Crippen LogP contribution in [-0.2, 0) is 6.54 Å². The highest BCUT2D eigenvalue weighted by Crippen LogP contribution is 2.22. The number of nitrogens with zero attached hydrogens (tertiary/aromatic N) is 2. The maximum atomic E-state index is 5.42. The highest BCUT2D eigenvalue weighted by molar-refractivity contribution is 7.80. The van der Waals surface area contributed by atoms with Gasteiger partial charge < -0.3 is 10.3 Å². The van der Waals surface area contributed by atoms with Gasteiger partial charge in [0.1, 0.15) is 0 Å². The molecular weight excluding hydrogens is 340 g/mol. The van der Waals surface area contributed by atoms with Crippen LogP contribution in [0.25, 0.3) is 21.7 Å². The van der Waals surface area contributed by atoms with E-state index in [9.17, 15) is 0 Å². The first kappa shape index (κ1) is 16.3. The van der Waals surface area contributed by atoms with Crippen molar-refractivity contribution in [2.45, 2.75) is 6.54 Å². The van der Waals surface area contributed by atoms with Crippen LogP contribution in [-0.4, -0.2) is 15.9 Å².